The summed E-state index contributed by atoms with van der Waals surface area (Å²) in [5, 5.41) is 15.0. The zero-order chi connectivity index (χ0) is 11.9. The number of primary sulfonamides is 1. The second kappa shape index (κ2) is 5.89. The first-order valence-electron chi connectivity index (χ1n) is 4.27. The summed E-state index contributed by atoms with van der Waals surface area (Å²) in [4.78, 5) is 0.148. The first kappa shape index (κ1) is 12.2. The van der Waals surface area contributed by atoms with E-state index in [2.05, 4.69) is 15.4 Å². The molecule has 0 atom stereocenters. The van der Waals surface area contributed by atoms with Gasteiger partial charge in [-0.15, -0.1) is 10.2 Å². The van der Waals surface area contributed by atoms with Crippen molar-refractivity contribution in [3.05, 3.63) is 48.8 Å². The zero-order valence-electron chi connectivity index (χ0n) is 8.26. The second-order valence-electron chi connectivity index (χ2n) is 2.67. The lowest BCUT2D eigenvalue weighted by molar-refractivity contribution is 0.598. The van der Waals surface area contributed by atoms with E-state index in [1.807, 2.05) is 0 Å². The molecule has 0 bridgehead atoms. The molecule has 0 amide bonds. The molecule has 0 aliphatic heterocycles. The van der Waals surface area contributed by atoms with Gasteiger partial charge < -0.3 is 0 Å². The topological polar surface area (TPSA) is 98.8 Å². The second-order valence-corrected chi connectivity index (χ2v) is 4.23. The van der Waals surface area contributed by atoms with E-state index >= 15 is 0 Å². The molecule has 0 aliphatic rings. The fourth-order valence-electron chi connectivity index (χ4n) is 0.815. The fourth-order valence-corrected chi connectivity index (χ4v) is 1.35. The zero-order valence-corrected chi connectivity index (χ0v) is 9.08. The molecule has 0 unspecified atom stereocenters. The maximum Gasteiger partial charge on any atom is 0.238 e. The van der Waals surface area contributed by atoms with E-state index in [4.69, 9.17) is 5.14 Å². The Morgan fingerprint density at radius 3 is 1.75 bits per heavy atom. The Morgan fingerprint density at radius 1 is 0.938 bits per heavy atom. The molecule has 1 aromatic heterocycles. The number of rotatable bonds is 1. The van der Waals surface area contributed by atoms with Crippen LogP contribution in [-0.4, -0.2) is 23.8 Å². The summed E-state index contributed by atoms with van der Waals surface area (Å²) >= 11 is 0. The average Bonchev–Trinajstić information content (AvgIpc) is 2.32. The van der Waals surface area contributed by atoms with Gasteiger partial charge in [0, 0.05) is 0 Å². The van der Waals surface area contributed by atoms with Gasteiger partial charge in [-0.05, 0) is 23.4 Å². The summed E-state index contributed by atoms with van der Waals surface area (Å²) in [6.45, 7) is 0. The standard InChI is InChI=1S/C6H7NO2S.C3H3N3/c7-10(8,9)6-4-2-1-3-5-6;1-2-4-6-5-3-1/h1-5H,(H2,7,8,9);1-3H. The minimum absolute atomic E-state index is 0.148. The summed E-state index contributed by atoms with van der Waals surface area (Å²) < 4.78 is 21.2. The molecule has 6 nitrogen and oxygen atoms in total. The molecule has 0 aliphatic carbocycles. The van der Waals surface area contributed by atoms with Crippen LogP contribution in [0.3, 0.4) is 0 Å². The van der Waals surface area contributed by atoms with E-state index < -0.39 is 10.0 Å². The van der Waals surface area contributed by atoms with Crippen molar-refractivity contribution in [1.29, 1.82) is 0 Å². The van der Waals surface area contributed by atoms with Crippen molar-refractivity contribution in [1.82, 2.24) is 15.4 Å². The summed E-state index contributed by atoms with van der Waals surface area (Å²) in [5.74, 6) is 0. The smallest absolute Gasteiger partial charge is 0.225 e. The number of nitrogens with zero attached hydrogens (tertiary/aromatic N) is 3. The highest BCUT2D eigenvalue weighted by molar-refractivity contribution is 7.89. The first-order chi connectivity index (χ1) is 7.61. The maximum absolute atomic E-state index is 10.6. The molecule has 0 fully saturated rings. The van der Waals surface area contributed by atoms with Gasteiger partial charge >= 0.3 is 0 Å². The predicted molar refractivity (Wildman–Crippen MR) is 57.6 cm³/mol. The van der Waals surface area contributed by atoms with E-state index in [-0.39, 0.29) is 4.90 Å². The number of hydrogen-bond donors (Lipinski definition) is 1. The Bertz CT molecular complexity index is 475. The molecular weight excluding hydrogens is 228 g/mol. The van der Waals surface area contributed by atoms with Gasteiger partial charge in [0.25, 0.3) is 0 Å². The molecule has 16 heavy (non-hydrogen) atoms. The largest absolute Gasteiger partial charge is 0.238 e. The molecule has 1 aromatic carbocycles. The van der Waals surface area contributed by atoms with Crippen LogP contribution >= 0.6 is 0 Å². The molecule has 1 heterocycles. The highest BCUT2D eigenvalue weighted by atomic mass is 32.2. The molecular formula is C9H10N4O2S. The van der Waals surface area contributed by atoms with Crippen molar-refractivity contribution >= 4 is 10.0 Å². The van der Waals surface area contributed by atoms with Crippen LogP contribution in [0.15, 0.2) is 53.7 Å². The van der Waals surface area contributed by atoms with Crippen molar-refractivity contribution in [2.24, 2.45) is 5.14 Å². The number of hydrogen-bond acceptors (Lipinski definition) is 5. The van der Waals surface area contributed by atoms with E-state index in [1.54, 1.807) is 36.7 Å². The Kier molecular flexibility index (Phi) is 4.49. The van der Waals surface area contributed by atoms with Crippen LogP contribution in [0.1, 0.15) is 0 Å². The van der Waals surface area contributed by atoms with Crippen molar-refractivity contribution in [3.63, 3.8) is 0 Å². The molecule has 84 valence electrons. The van der Waals surface area contributed by atoms with Gasteiger partial charge in [-0.25, -0.2) is 13.6 Å². The average molecular weight is 238 g/mol. The maximum atomic E-state index is 10.6. The van der Waals surface area contributed by atoms with Crippen LogP contribution in [0.4, 0.5) is 0 Å². The Labute approximate surface area is 93.2 Å². The molecule has 7 heteroatoms. The highest BCUT2D eigenvalue weighted by Gasteiger charge is 2.03. The summed E-state index contributed by atoms with van der Waals surface area (Å²) in [5.41, 5.74) is 0. The van der Waals surface area contributed by atoms with Crippen LogP contribution in [0.25, 0.3) is 0 Å². The lowest BCUT2D eigenvalue weighted by atomic mass is 10.4. The molecule has 0 saturated carbocycles. The van der Waals surface area contributed by atoms with Gasteiger partial charge in [0.05, 0.1) is 17.3 Å². The quantitative estimate of drug-likeness (QED) is 0.765. The van der Waals surface area contributed by atoms with E-state index in [0.29, 0.717) is 0 Å². The minimum atomic E-state index is -3.50. The summed E-state index contributed by atoms with van der Waals surface area (Å²) in [7, 11) is -3.50. The van der Waals surface area contributed by atoms with Crippen molar-refractivity contribution in [3.8, 4) is 0 Å². The van der Waals surface area contributed by atoms with Gasteiger partial charge in [0.2, 0.25) is 10.0 Å². The van der Waals surface area contributed by atoms with Gasteiger partial charge in [-0.2, -0.15) is 0 Å². The Hall–Kier alpha value is -1.86. The summed E-state index contributed by atoms with van der Waals surface area (Å²) in [6, 6.07) is 9.60. The third-order valence-corrected chi connectivity index (χ3v) is 2.41. The minimum Gasteiger partial charge on any atom is -0.225 e. The molecule has 2 N–H and O–H groups in total. The third-order valence-electron chi connectivity index (χ3n) is 1.48. The molecule has 0 saturated heterocycles. The van der Waals surface area contributed by atoms with Crippen LogP contribution in [0.2, 0.25) is 0 Å². The van der Waals surface area contributed by atoms with Crippen LogP contribution in [0, 0.1) is 0 Å². The molecule has 0 radical (unpaired) electrons. The molecule has 2 aromatic rings. The molecule has 2 rings (SSSR count). The van der Waals surface area contributed by atoms with Crippen molar-refractivity contribution < 1.29 is 8.42 Å². The monoisotopic (exact) mass is 238 g/mol. The molecule has 0 spiro atoms. The van der Waals surface area contributed by atoms with Crippen LogP contribution in [0.5, 0.6) is 0 Å². The van der Waals surface area contributed by atoms with Crippen LogP contribution < -0.4 is 5.14 Å². The van der Waals surface area contributed by atoms with Crippen molar-refractivity contribution in [2.45, 2.75) is 4.90 Å². The Balaban J connectivity index is 0.000000181. The van der Waals surface area contributed by atoms with E-state index in [9.17, 15) is 8.42 Å². The summed E-state index contributed by atoms with van der Waals surface area (Å²) in [6.07, 6.45) is 3.15. The first-order valence-corrected chi connectivity index (χ1v) is 5.81. The van der Waals surface area contributed by atoms with Gasteiger partial charge in [0.15, 0.2) is 0 Å². The number of sulfonamides is 1. The fraction of sp³-hybridized carbons (Fsp3) is 0. The Morgan fingerprint density at radius 2 is 1.50 bits per heavy atom. The van der Waals surface area contributed by atoms with Gasteiger partial charge in [-0.3, -0.25) is 0 Å². The lowest BCUT2D eigenvalue weighted by Gasteiger charge is -1.93. The SMILES string of the molecule is NS(=O)(=O)c1ccccc1.c1cnnnc1. The highest BCUT2D eigenvalue weighted by Crippen LogP contribution is 2.02. The number of nitrogens with two attached hydrogens (primary N) is 1. The van der Waals surface area contributed by atoms with E-state index in [0.717, 1.165) is 0 Å². The normalized spacial score (nSPS) is 10.1. The number of aromatic nitrogens is 3. The predicted octanol–water partition coefficient (Wildman–Crippen LogP) is 0.206. The van der Waals surface area contributed by atoms with Gasteiger partial charge in [-0.1, -0.05) is 18.2 Å². The van der Waals surface area contributed by atoms with Crippen molar-refractivity contribution in [2.75, 3.05) is 0 Å². The van der Waals surface area contributed by atoms with Crippen LogP contribution in [-0.2, 0) is 10.0 Å². The van der Waals surface area contributed by atoms with E-state index in [1.165, 1.54) is 12.1 Å². The van der Waals surface area contributed by atoms with Gasteiger partial charge in [0.1, 0.15) is 0 Å². The lowest BCUT2D eigenvalue weighted by Crippen LogP contribution is -2.11. The third kappa shape index (κ3) is 4.58. The number of benzene rings is 1.